The predicted octanol–water partition coefficient (Wildman–Crippen LogP) is 1.20. The van der Waals surface area contributed by atoms with Gasteiger partial charge in [0.05, 0.1) is 12.5 Å². The molecule has 21 heavy (non-hydrogen) atoms. The number of para-hydroxylation sites is 1. The van der Waals surface area contributed by atoms with Crippen LogP contribution < -0.4 is 10.6 Å². The lowest BCUT2D eigenvalue weighted by atomic mass is 9.93. The fourth-order valence-corrected chi connectivity index (χ4v) is 2.62. The molecule has 0 bridgehead atoms. The van der Waals surface area contributed by atoms with Crippen molar-refractivity contribution >= 4 is 11.6 Å². The number of nitrogens with one attached hydrogen (secondary N) is 2. The number of hydrogen-bond acceptors (Lipinski definition) is 4. The third kappa shape index (κ3) is 2.89. The van der Waals surface area contributed by atoms with E-state index in [1.807, 2.05) is 29.7 Å². The second-order valence-electron chi connectivity index (χ2n) is 5.19. The number of benzene rings is 1. The van der Waals surface area contributed by atoms with Crippen molar-refractivity contribution in [2.75, 3.05) is 11.9 Å². The molecular formula is C15H19N5O. The molecule has 0 aliphatic carbocycles. The minimum Gasteiger partial charge on any atom is -0.384 e. The number of hydrogen-bond donors (Lipinski definition) is 2. The van der Waals surface area contributed by atoms with Gasteiger partial charge in [0.25, 0.3) is 0 Å². The van der Waals surface area contributed by atoms with Gasteiger partial charge in [-0.05, 0) is 25.0 Å². The molecule has 1 amide bonds. The van der Waals surface area contributed by atoms with E-state index in [2.05, 4.69) is 26.9 Å². The average molecular weight is 285 g/mol. The Morgan fingerprint density at radius 3 is 3.19 bits per heavy atom. The van der Waals surface area contributed by atoms with Gasteiger partial charge in [-0.25, -0.2) is 0 Å². The topological polar surface area (TPSA) is 71.8 Å². The van der Waals surface area contributed by atoms with E-state index in [0.717, 1.165) is 24.5 Å². The van der Waals surface area contributed by atoms with Crippen LogP contribution in [0, 0.1) is 5.92 Å². The molecule has 110 valence electrons. The highest BCUT2D eigenvalue weighted by atomic mass is 16.1. The fourth-order valence-electron chi connectivity index (χ4n) is 2.62. The lowest BCUT2D eigenvalue weighted by Gasteiger charge is -2.25. The largest absolute Gasteiger partial charge is 0.384 e. The van der Waals surface area contributed by atoms with Gasteiger partial charge in [-0.15, -0.1) is 10.2 Å². The summed E-state index contributed by atoms with van der Waals surface area (Å²) in [5.41, 5.74) is 2.33. The molecule has 0 saturated carbocycles. The molecular weight excluding hydrogens is 266 g/mol. The van der Waals surface area contributed by atoms with Crippen LogP contribution in [-0.2, 0) is 24.3 Å². The van der Waals surface area contributed by atoms with E-state index in [9.17, 15) is 4.79 Å². The molecule has 1 aliphatic rings. The maximum atomic E-state index is 12.3. The first-order chi connectivity index (χ1) is 10.3. The van der Waals surface area contributed by atoms with Crippen molar-refractivity contribution in [3.8, 4) is 0 Å². The molecule has 2 N–H and O–H groups in total. The summed E-state index contributed by atoms with van der Waals surface area (Å²) in [7, 11) is 0. The lowest BCUT2D eigenvalue weighted by molar-refractivity contribution is -0.124. The Morgan fingerprint density at radius 2 is 2.33 bits per heavy atom. The van der Waals surface area contributed by atoms with Crippen LogP contribution in [0.1, 0.15) is 18.3 Å². The average Bonchev–Trinajstić information content (AvgIpc) is 2.99. The quantitative estimate of drug-likeness (QED) is 0.885. The van der Waals surface area contributed by atoms with Gasteiger partial charge in [0.15, 0.2) is 5.82 Å². The zero-order valence-corrected chi connectivity index (χ0v) is 12.0. The molecule has 1 atom stereocenters. The van der Waals surface area contributed by atoms with Crippen molar-refractivity contribution in [2.24, 2.45) is 5.92 Å². The predicted molar refractivity (Wildman–Crippen MR) is 79.7 cm³/mol. The molecule has 6 heteroatoms. The van der Waals surface area contributed by atoms with E-state index < -0.39 is 0 Å². The first-order valence-electron chi connectivity index (χ1n) is 7.24. The number of fused-ring (bicyclic) bond motifs is 1. The van der Waals surface area contributed by atoms with Gasteiger partial charge in [-0.3, -0.25) is 4.79 Å². The third-order valence-electron chi connectivity index (χ3n) is 3.85. The summed E-state index contributed by atoms with van der Waals surface area (Å²) >= 11 is 0. The van der Waals surface area contributed by atoms with Crippen LogP contribution in [-0.4, -0.2) is 27.2 Å². The third-order valence-corrected chi connectivity index (χ3v) is 3.85. The Hall–Kier alpha value is -2.37. The molecule has 0 fully saturated rings. The van der Waals surface area contributed by atoms with Gasteiger partial charge < -0.3 is 15.2 Å². The maximum Gasteiger partial charge on any atom is 0.225 e. The van der Waals surface area contributed by atoms with Crippen LogP contribution in [0.15, 0.2) is 30.6 Å². The van der Waals surface area contributed by atoms with Gasteiger partial charge in [-0.1, -0.05) is 18.2 Å². The number of aryl methyl sites for hydroxylation is 1. The standard InChI is InChI=1S/C15H19N5O/c1-2-20-10-18-19-14(20)9-17-15(21)12-7-11-5-3-4-6-13(11)16-8-12/h3-6,10,12,16H,2,7-9H2,1H3,(H,17,21). The van der Waals surface area contributed by atoms with Crippen molar-refractivity contribution < 1.29 is 4.79 Å². The smallest absolute Gasteiger partial charge is 0.225 e. The molecule has 2 aromatic rings. The highest BCUT2D eigenvalue weighted by Crippen LogP contribution is 2.24. The van der Waals surface area contributed by atoms with Gasteiger partial charge >= 0.3 is 0 Å². The number of rotatable bonds is 4. The number of anilines is 1. The van der Waals surface area contributed by atoms with Crippen molar-refractivity contribution in [1.82, 2.24) is 20.1 Å². The second-order valence-corrected chi connectivity index (χ2v) is 5.19. The van der Waals surface area contributed by atoms with E-state index in [1.54, 1.807) is 6.33 Å². The second kappa shape index (κ2) is 5.95. The molecule has 1 aliphatic heterocycles. The van der Waals surface area contributed by atoms with Crippen molar-refractivity contribution in [3.63, 3.8) is 0 Å². The van der Waals surface area contributed by atoms with Crippen LogP contribution in [0.2, 0.25) is 0 Å². The van der Waals surface area contributed by atoms with Crippen LogP contribution in [0.4, 0.5) is 5.69 Å². The van der Waals surface area contributed by atoms with Crippen LogP contribution in [0.25, 0.3) is 0 Å². The highest BCUT2D eigenvalue weighted by molar-refractivity contribution is 5.80. The Bertz CT molecular complexity index is 636. The van der Waals surface area contributed by atoms with Gasteiger partial charge in [-0.2, -0.15) is 0 Å². The zero-order valence-electron chi connectivity index (χ0n) is 12.0. The monoisotopic (exact) mass is 285 g/mol. The van der Waals surface area contributed by atoms with Gasteiger partial charge in [0.1, 0.15) is 6.33 Å². The number of carbonyl (C=O) groups is 1. The molecule has 1 aromatic carbocycles. The summed E-state index contributed by atoms with van der Waals surface area (Å²) in [4.78, 5) is 12.3. The zero-order chi connectivity index (χ0) is 14.7. The molecule has 1 unspecified atom stereocenters. The van der Waals surface area contributed by atoms with E-state index in [0.29, 0.717) is 13.1 Å². The SMILES string of the molecule is CCn1cnnc1CNC(=O)C1CNc2ccccc2C1. The molecule has 1 aromatic heterocycles. The molecule has 0 saturated heterocycles. The normalized spacial score (nSPS) is 16.9. The van der Waals surface area contributed by atoms with Crippen LogP contribution >= 0.6 is 0 Å². The summed E-state index contributed by atoms with van der Waals surface area (Å²) < 4.78 is 1.93. The maximum absolute atomic E-state index is 12.3. The van der Waals surface area contributed by atoms with Gasteiger partial charge in [0.2, 0.25) is 5.91 Å². The van der Waals surface area contributed by atoms with Gasteiger partial charge in [0, 0.05) is 18.8 Å². The minimum atomic E-state index is -0.0436. The number of nitrogens with zero attached hydrogens (tertiary/aromatic N) is 3. The summed E-state index contributed by atoms with van der Waals surface area (Å²) in [6, 6.07) is 8.12. The first kappa shape index (κ1) is 13.6. The Kier molecular flexibility index (Phi) is 3.85. The Balaban J connectivity index is 1.60. The summed E-state index contributed by atoms with van der Waals surface area (Å²) in [6.45, 7) is 3.92. The van der Waals surface area contributed by atoms with Crippen LogP contribution in [0.5, 0.6) is 0 Å². The fraction of sp³-hybridized carbons (Fsp3) is 0.400. The minimum absolute atomic E-state index is 0.0436. The van der Waals surface area contributed by atoms with Crippen LogP contribution in [0.3, 0.4) is 0 Å². The number of carbonyl (C=O) groups excluding carboxylic acids is 1. The summed E-state index contributed by atoms with van der Waals surface area (Å²) in [5, 5.41) is 14.2. The molecule has 2 heterocycles. The van der Waals surface area contributed by atoms with Crippen molar-refractivity contribution in [2.45, 2.75) is 26.4 Å². The molecule has 0 radical (unpaired) electrons. The van der Waals surface area contributed by atoms with E-state index in [4.69, 9.17) is 0 Å². The molecule has 6 nitrogen and oxygen atoms in total. The Labute approximate surface area is 123 Å². The summed E-state index contributed by atoms with van der Waals surface area (Å²) in [6.07, 6.45) is 2.45. The number of amides is 1. The van der Waals surface area contributed by atoms with Crippen molar-refractivity contribution in [3.05, 3.63) is 42.0 Å². The number of aromatic nitrogens is 3. The molecule has 0 spiro atoms. The highest BCUT2D eigenvalue weighted by Gasteiger charge is 2.24. The van der Waals surface area contributed by atoms with E-state index >= 15 is 0 Å². The van der Waals surface area contributed by atoms with Crippen molar-refractivity contribution in [1.29, 1.82) is 0 Å². The molecule has 3 rings (SSSR count). The van der Waals surface area contributed by atoms with E-state index in [-0.39, 0.29) is 11.8 Å². The first-order valence-corrected chi connectivity index (χ1v) is 7.24. The van der Waals surface area contributed by atoms with E-state index in [1.165, 1.54) is 5.56 Å². The summed E-state index contributed by atoms with van der Waals surface area (Å²) in [5.74, 6) is 0.801. The Morgan fingerprint density at radius 1 is 1.48 bits per heavy atom. The lowest BCUT2D eigenvalue weighted by Crippen LogP contribution is -2.38.